The van der Waals surface area contributed by atoms with Crippen molar-refractivity contribution >= 4 is 50.8 Å². The minimum atomic E-state index is -3.40. The summed E-state index contributed by atoms with van der Waals surface area (Å²) in [5, 5.41) is 1.95. The van der Waals surface area contributed by atoms with E-state index in [9.17, 15) is 13.2 Å². The van der Waals surface area contributed by atoms with Gasteiger partial charge < -0.3 is 4.90 Å². The third-order valence-electron chi connectivity index (χ3n) is 3.99. The lowest BCUT2D eigenvalue weighted by Gasteiger charge is -2.31. The molecule has 3 heterocycles. The maximum absolute atomic E-state index is 12.7. The molecule has 0 saturated carbocycles. The van der Waals surface area contributed by atoms with Gasteiger partial charge in [0, 0.05) is 35.2 Å². The molecule has 2 aliphatic rings. The molecule has 1 aromatic rings. The van der Waals surface area contributed by atoms with Crippen molar-refractivity contribution in [3.05, 3.63) is 22.4 Å². The lowest BCUT2D eigenvalue weighted by molar-refractivity contribution is -0.133. The predicted octanol–water partition coefficient (Wildman–Crippen LogP) is 1.57. The van der Waals surface area contributed by atoms with Crippen LogP contribution in [0.2, 0.25) is 0 Å². The van der Waals surface area contributed by atoms with Gasteiger partial charge in [-0.25, -0.2) is 8.42 Å². The highest BCUT2D eigenvalue weighted by Gasteiger charge is 2.40. The maximum Gasteiger partial charge on any atom is 0.241 e. The largest absolute Gasteiger partial charge is 0.340 e. The topological polar surface area (TPSA) is 57.7 Å². The molecule has 2 saturated heterocycles. The molecule has 0 spiro atoms. The van der Waals surface area contributed by atoms with Crippen LogP contribution in [0.5, 0.6) is 0 Å². The minimum absolute atomic E-state index is 0.0185. The van der Waals surface area contributed by atoms with Crippen molar-refractivity contribution in [2.24, 2.45) is 0 Å². The number of carbonyl (C=O) groups is 1. The Balaban J connectivity index is 1.66. The highest BCUT2D eigenvalue weighted by atomic mass is 32.2. The summed E-state index contributed by atoms with van der Waals surface area (Å²) in [7, 11) is -3.40. The van der Waals surface area contributed by atoms with Crippen LogP contribution in [-0.2, 0) is 21.2 Å². The second-order valence-corrected chi connectivity index (χ2v) is 10.8. The Labute approximate surface area is 149 Å². The smallest absolute Gasteiger partial charge is 0.241 e. The van der Waals surface area contributed by atoms with Crippen molar-refractivity contribution in [2.75, 3.05) is 42.0 Å². The first kappa shape index (κ1) is 17.6. The summed E-state index contributed by atoms with van der Waals surface area (Å²) in [6, 6.07) is 3.36. The Morgan fingerprint density at radius 2 is 2.04 bits per heavy atom. The molecule has 23 heavy (non-hydrogen) atoms. The van der Waals surface area contributed by atoms with E-state index in [-0.39, 0.29) is 11.7 Å². The van der Waals surface area contributed by atoms with E-state index in [1.165, 1.54) is 16.1 Å². The molecule has 5 nitrogen and oxygen atoms in total. The van der Waals surface area contributed by atoms with Crippen LogP contribution in [0.15, 0.2) is 17.5 Å². The van der Waals surface area contributed by atoms with Crippen molar-refractivity contribution < 1.29 is 13.2 Å². The van der Waals surface area contributed by atoms with Crippen LogP contribution in [0.4, 0.5) is 0 Å². The van der Waals surface area contributed by atoms with Gasteiger partial charge in [-0.05, 0) is 17.9 Å². The standard InChI is InChI=1S/C14H20N2O3S4/c17-14(15-4-7-20-8-5-15)13-10-21-11-16(13)23(18,19)9-3-12-2-1-6-22-12/h1-2,6,13H,3-5,7-11H2. The molecule has 0 radical (unpaired) electrons. The molecule has 3 rings (SSSR count). The summed E-state index contributed by atoms with van der Waals surface area (Å²) in [5.74, 6) is 2.91. The van der Waals surface area contributed by atoms with E-state index < -0.39 is 16.1 Å². The quantitative estimate of drug-likeness (QED) is 0.761. The lowest BCUT2D eigenvalue weighted by Crippen LogP contribution is -2.51. The molecular formula is C14H20N2O3S4. The molecule has 2 fully saturated rings. The summed E-state index contributed by atoms with van der Waals surface area (Å²) in [6.07, 6.45) is 0.516. The fourth-order valence-electron chi connectivity index (χ4n) is 2.69. The third-order valence-corrected chi connectivity index (χ3v) is 8.87. The van der Waals surface area contributed by atoms with Crippen molar-refractivity contribution in [1.82, 2.24) is 9.21 Å². The first-order chi connectivity index (χ1) is 11.1. The van der Waals surface area contributed by atoms with Crippen molar-refractivity contribution in [1.29, 1.82) is 0 Å². The predicted molar refractivity (Wildman–Crippen MR) is 98.7 cm³/mol. The normalized spacial score (nSPS) is 23.3. The minimum Gasteiger partial charge on any atom is -0.340 e. The first-order valence-corrected chi connectivity index (χ1v) is 12.3. The summed E-state index contributed by atoms with van der Waals surface area (Å²) < 4.78 is 26.8. The second kappa shape index (κ2) is 7.77. The fraction of sp³-hybridized carbons (Fsp3) is 0.643. The van der Waals surface area contributed by atoms with Crippen LogP contribution < -0.4 is 0 Å². The molecule has 0 bridgehead atoms. The first-order valence-electron chi connectivity index (χ1n) is 7.54. The van der Waals surface area contributed by atoms with Crippen LogP contribution in [0, 0.1) is 0 Å². The van der Waals surface area contributed by atoms with Gasteiger partial charge in [-0.15, -0.1) is 23.1 Å². The van der Waals surface area contributed by atoms with Gasteiger partial charge in [-0.1, -0.05) is 6.07 Å². The lowest BCUT2D eigenvalue weighted by atomic mass is 10.3. The van der Waals surface area contributed by atoms with E-state index in [4.69, 9.17) is 0 Å². The molecule has 0 N–H and O–H groups in total. The highest BCUT2D eigenvalue weighted by molar-refractivity contribution is 8.00. The molecule has 0 aromatic carbocycles. The Morgan fingerprint density at radius 1 is 1.26 bits per heavy atom. The number of sulfonamides is 1. The number of amides is 1. The Kier molecular flexibility index (Phi) is 5.95. The van der Waals surface area contributed by atoms with Gasteiger partial charge in [0.05, 0.1) is 11.6 Å². The van der Waals surface area contributed by atoms with Crippen molar-refractivity contribution in [2.45, 2.75) is 12.5 Å². The molecular weight excluding hydrogens is 372 g/mol. The molecule has 2 aliphatic heterocycles. The van der Waals surface area contributed by atoms with E-state index in [1.807, 2.05) is 34.2 Å². The van der Waals surface area contributed by atoms with Crippen LogP contribution in [0.25, 0.3) is 0 Å². The molecule has 1 aromatic heterocycles. The number of carbonyl (C=O) groups excluding carboxylic acids is 1. The van der Waals surface area contributed by atoms with Crippen LogP contribution in [0.3, 0.4) is 0 Å². The number of hydrogen-bond donors (Lipinski definition) is 0. The molecule has 1 atom stereocenters. The van der Waals surface area contributed by atoms with Gasteiger partial charge >= 0.3 is 0 Å². The Hall–Kier alpha value is -0.220. The molecule has 9 heteroatoms. The van der Waals surface area contributed by atoms with Gasteiger partial charge in [-0.2, -0.15) is 16.1 Å². The fourth-order valence-corrected chi connectivity index (χ4v) is 7.67. The summed E-state index contributed by atoms with van der Waals surface area (Å²) in [6.45, 7) is 1.46. The number of nitrogens with zero attached hydrogens (tertiary/aromatic N) is 2. The van der Waals surface area contributed by atoms with Gasteiger partial charge in [0.25, 0.3) is 0 Å². The SMILES string of the molecule is O=C(C1CSCN1S(=O)(=O)CCc1cccs1)N1CCSCC1. The number of aryl methyl sites for hydroxylation is 1. The number of rotatable bonds is 5. The highest BCUT2D eigenvalue weighted by Crippen LogP contribution is 2.27. The third kappa shape index (κ3) is 4.25. The van der Waals surface area contributed by atoms with E-state index in [2.05, 4.69) is 0 Å². The maximum atomic E-state index is 12.7. The van der Waals surface area contributed by atoms with Crippen LogP contribution in [0.1, 0.15) is 4.88 Å². The van der Waals surface area contributed by atoms with E-state index in [0.717, 1.165) is 29.5 Å². The zero-order valence-electron chi connectivity index (χ0n) is 12.7. The zero-order chi connectivity index (χ0) is 16.3. The van der Waals surface area contributed by atoms with Gasteiger partial charge in [-0.3, -0.25) is 4.79 Å². The van der Waals surface area contributed by atoms with E-state index >= 15 is 0 Å². The van der Waals surface area contributed by atoms with E-state index in [0.29, 0.717) is 18.1 Å². The number of thiophene rings is 1. The van der Waals surface area contributed by atoms with Crippen LogP contribution >= 0.6 is 34.9 Å². The molecule has 128 valence electrons. The average molecular weight is 393 g/mol. The zero-order valence-corrected chi connectivity index (χ0v) is 16.0. The summed E-state index contributed by atoms with van der Waals surface area (Å²) >= 11 is 4.94. The van der Waals surface area contributed by atoms with Crippen molar-refractivity contribution in [3.8, 4) is 0 Å². The van der Waals surface area contributed by atoms with Gasteiger partial charge in [0.1, 0.15) is 6.04 Å². The molecule has 0 aliphatic carbocycles. The number of hydrogen-bond acceptors (Lipinski definition) is 6. The average Bonchev–Trinajstić information content (AvgIpc) is 3.25. The van der Waals surface area contributed by atoms with Gasteiger partial charge in [0.2, 0.25) is 15.9 Å². The van der Waals surface area contributed by atoms with E-state index in [1.54, 1.807) is 11.3 Å². The monoisotopic (exact) mass is 392 g/mol. The van der Waals surface area contributed by atoms with Gasteiger partial charge in [0.15, 0.2) is 0 Å². The molecule has 1 amide bonds. The number of thioether (sulfide) groups is 2. The van der Waals surface area contributed by atoms with Crippen LogP contribution in [-0.4, -0.2) is 71.5 Å². The summed E-state index contributed by atoms with van der Waals surface area (Å²) in [4.78, 5) is 15.6. The Morgan fingerprint density at radius 3 is 2.74 bits per heavy atom. The second-order valence-electron chi connectivity index (χ2n) is 5.49. The van der Waals surface area contributed by atoms with Crippen molar-refractivity contribution in [3.63, 3.8) is 0 Å². The summed E-state index contributed by atoms with van der Waals surface area (Å²) in [5.41, 5.74) is 0. The molecule has 1 unspecified atom stereocenters. The Bertz CT molecular complexity index is 626.